The van der Waals surface area contributed by atoms with Crippen LogP contribution in [0, 0.1) is 0 Å². The van der Waals surface area contributed by atoms with Crippen LogP contribution in [0.3, 0.4) is 0 Å². The molecule has 0 aromatic carbocycles. The van der Waals surface area contributed by atoms with Crippen LogP contribution in [-0.2, 0) is 9.09 Å². The van der Waals surface area contributed by atoms with Gasteiger partial charge in [-0.2, -0.15) is 0 Å². The molecule has 3 atom stereocenters. The first-order valence-corrected chi connectivity index (χ1v) is 6.67. The predicted molar refractivity (Wildman–Crippen MR) is 60.9 cm³/mol. The fourth-order valence-electron chi connectivity index (χ4n) is 1.06. The average Bonchev–Trinajstić information content (AvgIpc) is 2.15. The van der Waals surface area contributed by atoms with Gasteiger partial charge in [-0.3, -0.25) is 4.57 Å². The van der Waals surface area contributed by atoms with Crippen LogP contribution in [0.15, 0.2) is 0 Å². The van der Waals surface area contributed by atoms with Crippen molar-refractivity contribution in [1.29, 1.82) is 0 Å². The monoisotopic (exact) mass is 222 g/mol. The molecule has 0 aromatic rings. The van der Waals surface area contributed by atoms with E-state index < -0.39 is 7.52 Å². The van der Waals surface area contributed by atoms with E-state index in [2.05, 4.69) is 10.4 Å². The Labute approximate surface area is 87.3 Å². The molecule has 86 valence electrons. The molecule has 0 aromatic heterocycles. The summed E-state index contributed by atoms with van der Waals surface area (Å²) in [7, 11) is 0.690. The quantitative estimate of drug-likeness (QED) is 0.673. The largest absolute Gasteiger partial charge is 0.321 e. The molecule has 0 fully saturated rings. The van der Waals surface area contributed by atoms with Crippen molar-refractivity contribution in [2.24, 2.45) is 0 Å². The average molecular weight is 222 g/mol. The molecule has 14 heavy (non-hydrogen) atoms. The smallest absolute Gasteiger partial charge is 0.272 e. The summed E-state index contributed by atoms with van der Waals surface area (Å²) in [6, 6.07) is 0.380. The van der Waals surface area contributed by atoms with Crippen LogP contribution in [-0.4, -0.2) is 31.9 Å². The highest BCUT2D eigenvalue weighted by Gasteiger charge is 2.29. The van der Waals surface area contributed by atoms with Crippen LogP contribution in [0.1, 0.15) is 27.7 Å². The highest BCUT2D eigenvalue weighted by molar-refractivity contribution is 7.57. The van der Waals surface area contributed by atoms with Crippen molar-refractivity contribution in [2.45, 2.75) is 45.4 Å². The molecule has 2 N–H and O–H groups in total. The first kappa shape index (κ1) is 14.1. The van der Waals surface area contributed by atoms with Crippen molar-refractivity contribution in [1.82, 2.24) is 10.4 Å². The normalized spacial score (nSPS) is 20.5. The van der Waals surface area contributed by atoms with Gasteiger partial charge in [-0.25, -0.2) is 5.09 Å². The van der Waals surface area contributed by atoms with Crippen LogP contribution in [0.5, 0.6) is 0 Å². The molecule has 0 radical (unpaired) electrons. The van der Waals surface area contributed by atoms with Gasteiger partial charge in [-0.15, -0.1) is 0 Å². The minimum absolute atomic E-state index is 0.000920. The van der Waals surface area contributed by atoms with Gasteiger partial charge >= 0.3 is 0 Å². The van der Waals surface area contributed by atoms with Crippen LogP contribution in [0.25, 0.3) is 0 Å². The lowest BCUT2D eigenvalue weighted by atomic mass is 10.2. The number of hydrogen-bond donors (Lipinski definition) is 2. The summed E-state index contributed by atoms with van der Waals surface area (Å²) >= 11 is 0. The standard InChI is InChI=1S/C9H23N2O2P/c1-7(2)14(12,13-6)11-9(4)8(3)10-5/h7-10H,1-6H3,(H,11,12). The zero-order valence-corrected chi connectivity index (χ0v) is 10.9. The van der Waals surface area contributed by atoms with E-state index in [9.17, 15) is 4.57 Å². The minimum atomic E-state index is -2.69. The second-order valence-corrected chi connectivity index (χ2v) is 6.72. The van der Waals surface area contributed by atoms with E-state index in [-0.39, 0.29) is 17.7 Å². The van der Waals surface area contributed by atoms with Crippen molar-refractivity contribution < 1.29 is 9.09 Å². The van der Waals surface area contributed by atoms with Gasteiger partial charge in [0.1, 0.15) is 0 Å². The maximum atomic E-state index is 12.2. The maximum absolute atomic E-state index is 12.2. The Kier molecular flexibility index (Phi) is 5.91. The van der Waals surface area contributed by atoms with Crippen LogP contribution in [0.2, 0.25) is 0 Å². The Morgan fingerprint density at radius 3 is 1.93 bits per heavy atom. The third kappa shape index (κ3) is 3.70. The van der Waals surface area contributed by atoms with Gasteiger partial charge in [0.15, 0.2) is 0 Å². The molecule has 3 unspecified atom stereocenters. The molecular weight excluding hydrogens is 199 g/mol. The van der Waals surface area contributed by atoms with Gasteiger partial charge in [-0.05, 0) is 20.9 Å². The Balaban J connectivity index is 4.39. The van der Waals surface area contributed by atoms with Crippen LogP contribution >= 0.6 is 7.52 Å². The maximum Gasteiger partial charge on any atom is 0.272 e. The molecular formula is C9H23N2O2P. The molecule has 4 nitrogen and oxygen atoms in total. The molecule has 0 bridgehead atoms. The second kappa shape index (κ2) is 5.86. The van der Waals surface area contributed by atoms with E-state index in [1.165, 1.54) is 7.11 Å². The summed E-state index contributed by atoms with van der Waals surface area (Å²) in [5.41, 5.74) is -0.000920. The Bertz CT molecular complexity index is 209. The summed E-state index contributed by atoms with van der Waals surface area (Å²) in [6.45, 7) is 7.83. The number of likely N-dealkylation sites (N-methyl/N-ethyl adjacent to an activating group) is 1. The Hall–Kier alpha value is 0.110. The topological polar surface area (TPSA) is 50.4 Å². The molecule has 0 aliphatic heterocycles. The van der Waals surface area contributed by atoms with Crippen molar-refractivity contribution >= 4 is 7.52 Å². The first-order valence-electron chi connectivity index (χ1n) is 4.98. The van der Waals surface area contributed by atoms with E-state index >= 15 is 0 Å². The fraction of sp³-hybridized carbons (Fsp3) is 1.00. The van der Waals surface area contributed by atoms with Gasteiger partial charge < -0.3 is 9.84 Å². The van der Waals surface area contributed by atoms with Crippen LogP contribution < -0.4 is 10.4 Å². The number of nitrogens with one attached hydrogen (secondary N) is 2. The summed E-state index contributed by atoms with van der Waals surface area (Å²) in [5.74, 6) is 0. The SMILES string of the molecule is CNC(C)C(C)NP(=O)(OC)C(C)C. The molecule has 0 heterocycles. The number of hydrogen-bond acceptors (Lipinski definition) is 3. The summed E-state index contributed by atoms with van der Waals surface area (Å²) < 4.78 is 17.2. The Morgan fingerprint density at radius 1 is 1.14 bits per heavy atom. The van der Waals surface area contributed by atoms with Crippen molar-refractivity contribution in [2.75, 3.05) is 14.2 Å². The second-order valence-electron chi connectivity index (χ2n) is 3.87. The zero-order chi connectivity index (χ0) is 11.4. The third-order valence-corrected chi connectivity index (χ3v) is 5.21. The molecule has 0 rings (SSSR count). The van der Waals surface area contributed by atoms with Crippen molar-refractivity contribution in [3.05, 3.63) is 0 Å². The molecule has 0 aliphatic carbocycles. The van der Waals surface area contributed by atoms with E-state index in [1.807, 2.05) is 34.7 Å². The highest BCUT2D eigenvalue weighted by atomic mass is 31.2. The third-order valence-electron chi connectivity index (χ3n) is 2.54. The summed E-state index contributed by atoms with van der Waals surface area (Å²) in [6.07, 6.45) is 0. The molecule has 0 aliphatic rings. The van der Waals surface area contributed by atoms with Crippen molar-refractivity contribution in [3.63, 3.8) is 0 Å². The summed E-state index contributed by atoms with van der Waals surface area (Å²) in [5, 5.41) is 6.18. The summed E-state index contributed by atoms with van der Waals surface area (Å²) in [4.78, 5) is 0. The van der Waals surface area contributed by atoms with Gasteiger partial charge in [0, 0.05) is 24.9 Å². The van der Waals surface area contributed by atoms with Crippen molar-refractivity contribution in [3.8, 4) is 0 Å². The fourth-order valence-corrected chi connectivity index (χ4v) is 2.67. The lowest BCUT2D eigenvalue weighted by Crippen LogP contribution is -2.42. The molecule has 0 spiro atoms. The van der Waals surface area contributed by atoms with Crippen LogP contribution in [0.4, 0.5) is 0 Å². The van der Waals surface area contributed by atoms with Gasteiger partial charge in [-0.1, -0.05) is 13.8 Å². The van der Waals surface area contributed by atoms with Gasteiger partial charge in [0.25, 0.3) is 7.52 Å². The predicted octanol–water partition coefficient (Wildman–Crippen LogP) is 1.82. The van der Waals surface area contributed by atoms with Gasteiger partial charge in [0.2, 0.25) is 0 Å². The zero-order valence-electron chi connectivity index (χ0n) is 10.00. The first-order chi connectivity index (χ1) is 6.37. The van der Waals surface area contributed by atoms with E-state index in [0.29, 0.717) is 0 Å². The number of rotatable bonds is 6. The molecule has 5 heteroatoms. The molecule has 0 amide bonds. The van der Waals surface area contributed by atoms with E-state index in [1.54, 1.807) is 0 Å². The van der Waals surface area contributed by atoms with E-state index in [0.717, 1.165) is 0 Å². The molecule has 0 saturated heterocycles. The lowest BCUT2D eigenvalue weighted by Gasteiger charge is -2.28. The molecule has 0 saturated carbocycles. The van der Waals surface area contributed by atoms with E-state index in [4.69, 9.17) is 4.52 Å². The lowest BCUT2D eigenvalue weighted by molar-refractivity contribution is 0.358. The van der Waals surface area contributed by atoms with Gasteiger partial charge in [0.05, 0.1) is 0 Å². The Morgan fingerprint density at radius 2 is 1.64 bits per heavy atom. The highest BCUT2D eigenvalue weighted by Crippen LogP contribution is 2.47. The minimum Gasteiger partial charge on any atom is -0.321 e.